The molecule has 18 heavy (non-hydrogen) atoms. The summed E-state index contributed by atoms with van der Waals surface area (Å²) in [5, 5.41) is 11.8. The van der Waals surface area contributed by atoms with Crippen LogP contribution in [0.4, 0.5) is 5.69 Å². The number of carbonyl (C=O) groups is 2. The molecule has 0 aromatic heterocycles. The molecule has 1 heterocycles. The quantitative estimate of drug-likeness (QED) is 0.820. The van der Waals surface area contributed by atoms with Crippen molar-refractivity contribution in [2.75, 3.05) is 11.4 Å². The Hall–Kier alpha value is -2.06. The van der Waals surface area contributed by atoms with Gasteiger partial charge >= 0.3 is 0 Å². The average Bonchev–Trinajstić information content (AvgIpc) is 2.54. The highest BCUT2D eigenvalue weighted by Crippen LogP contribution is 2.37. The Balaban J connectivity index is 2.47. The topological polar surface area (TPSA) is 73.2 Å². The second-order valence-electron chi connectivity index (χ2n) is 3.92. The number of fused-ring (bicyclic) bond motifs is 1. The summed E-state index contributed by atoms with van der Waals surface area (Å²) in [4.78, 5) is 24.6. The highest BCUT2D eigenvalue weighted by atomic mass is 35.5. The fourth-order valence-corrected chi connectivity index (χ4v) is 2.17. The maximum Gasteiger partial charge on any atom is 0.255 e. The van der Waals surface area contributed by atoms with Crippen molar-refractivity contribution in [1.29, 1.82) is 5.26 Å². The maximum absolute atomic E-state index is 12.1. The van der Waals surface area contributed by atoms with Gasteiger partial charge in [-0.25, -0.2) is 0 Å². The van der Waals surface area contributed by atoms with Crippen LogP contribution in [0.3, 0.4) is 0 Å². The predicted octanol–water partition coefficient (Wildman–Crippen LogP) is 1.39. The Morgan fingerprint density at radius 3 is 2.94 bits per heavy atom. The van der Waals surface area contributed by atoms with Crippen molar-refractivity contribution in [1.82, 2.24) is 5.32 Å². The van der Waals surface area contributed by atoms with Gasteiger partial charge in [0.25, 0.3) is 5.91 Å². The summed E-state index contributed by atoms with van der Waals surface area (Å²) in [5.74, 6) is -0.623. The molecule has 1 N–H and O–H groups in total. The molecule has 1 unspecified atom stereocenters. The lowest BCUT2D eigenvalue weighted by molar-refractivity contribution is -0.126. The van der Waals surface area contributed by atoms with E-state index in [4.69, 9.17) is 16.9 Å². The SMILES string of the molecule is CC(=O)NC1C(=O)N(CC#N)c2ccc(Cl)cc21. The molecule has 92 valence electrons. The van der Waals surface area contributed by atoms with Crippen LogP contribution >= 0.6 is 11.6 Å². The molecule has 0 fully saturated rings. The van der Waals surface area contributed by atoms with Crippen LogP contribution < -0.4 is 10.2 Å². The number of nitrogens with zero attached hydrogens (tertiary/aromatic N) is 2. The Bertz CT molecular complexity index is 565. The lowest BCUT2D eigenvalue weighted by Crippen LogP contribution is -2.36. The van der Waals surface area contributed by atoms with Crippen LogP contribution in [0, 0.1) is 11.3 Å². The van der Waals surface area contributed by atoms with E-state index in [1.165, 1.54) is 11.8 Å². The van der Waals surface area contributed by atoms with Crippen molar-refractivity contribution in [3.8, 4) is 6.07 Å². The van der Waals surface area contributed by atoms with Crippen molar-refractivity contribution in [2.45, 2.75) is 13.0 Å². The first-order chi connectivity index (χ1) is 8.54. The van der Waals surface area contributed by atoms with Gasteiger partial charge in [-0.3, -0.25) is 14.5 Å². The van der Waals surface area contributed by atoms with Gasteiger partial charge in [0.2, 0.25) is 5.91 Å². The van der Waals surface area contributed by atoms with Gasteiger partial charge in [-0.2, -0.15) is 5.26 Å². The smallest absolute Gasteiger partial charge is 0.255 e. The summed E-state index contributed by atoms with van der Waals surface area (Å²) < 4.78 is 0. The molecule has 1 aliphatic heterocycles. The number of nitrogens with one attached hydrogen (secondary N) is 1. The van der Waals surface area contributed by atoms with E-state index < -0.39 is 6.04 Å². The number of benzene rings is 1. The highest BCUT2D eigenvalue weighted by molar-refractivity contribution is 6.31. The zero-order valence-electron chi connectivity index (χ0n) is 9.61. The summed E-state index contributed by atoms with van der Waals surface area (Å²) in [6.45, 7) is 1.29. The largest absolute Gasteiger partial charge is 0.341 e. The normalized spacial score (nSPS) is 17.3. The number of rotatable bonds is 2. The zero-order chi connectivity index (χ0) is 13.3. The number of carbonyl (C=O) groups excluding carboxylic acids is 2. The van der Waals surface area contributed by atoms with Crippen LogP contribution in [0.2, 0.25) is 5.02 Å². The molecule has 0 saturated carbocycles. The average molecular weight is 264 g/mol. The fraction of sp³-hybridized carbons (Fsp3) is 0.250. The summed E-state index contributed by atoms with van der Waals surface area (Å²) in [7, 11) is 0. The fourth-order valence-electron chi connectivity index (χ4n) is 1.99. The first-order valence-electron chi connectivity index (χ1n) is 5.29. The van der Waals surface area contributed by atoms with Crippen molar-refractivity contribution in [3.63, 3.8) is 0 Å². The van der Waals surface area contributed by atoms with E-state index in [9.17, 15) is 9.59 Å². The number of amides is 2. The Labute approximate surface area is 109 Å². The molecule has 6 heteroatoms. The molecule has 1 aromatic rings. The minimum absolute atomic E-state index is 0.0520. The van der Waals surface area contributed by atoms with Gasteiger partial charge in [0.1, 0.15) is 12.6 Å². The van der Waals surface area contributed by atoms with E-state index in [0.29, 0.717) is 16.3 Å². The predicted molar refractivity (Wildman–Crippen MR) is 66.0 cm³/mol. The van der Waals surface area contributed by atoms with Crippen LogP contribution in [-0.4, -0.2) is 18.4 Å². The summed E-state index contributed by atoms with van der Waals surface area (Å²) in [5.41, 5.74) is 1.24. The lowest BCUT2D eigenvalue weighted by Gasteiger charge is -2.13. The Morgan fingerprint density at radius 2 is 2.33 bits per heavy atom. The van der Waals surface area contributed by atoms with E-state index in [2.05, 4.69) is 5.32 Å². The van der Waals surface area contributed by atoms with Gasteiger partial charge in [0.15, 0.2) is 0 Å². The molecular weight excluding hydrogens is 254 g/mol. The van der Waals surface area contributed by atoms with Crippen LogP contribution in [0.5, 0.6) is 0 Å². The summed E-state index contributed by atoms with van der Waals surface area (Å²) in [6.07, 6.45) is 0. The zero-order valence-corrected chi connectivity index (χ0v) is 10.4. The molecular formula is C12H10ClN3O2. The van der Waals surface area contributed by atoms with Crippen LogP contribution in [0.25, 0.3) is 0 Å². The summed E-state index contributed by atoms with van der Waals surface area (Å²) in [6, 6.07) is 6.12. The van der Waals surface area contributed by atoms with Crippen LogP contribution in [0.1, 0.15) is 18.5 Å². The molecule has 1 aromatic carbocycles. The first kappa shape index (κ1) is 12.4. The number of nitriles is 1. The molecule has 5 nitrogen and oxygen atoms in total. The van der Waals surface area contributed by atoms with E-state index in [-0.39, 0.29) is 18.4 Å². The third-order valence-electron chi connectivity index (χ3n) is 2.68. The van der Waals surface area contributed by atoms with Gasteiger partial charge in [-0.15, -0.1) is 0 Å². The number of halogens is 1. The second kappa shape index (κ2) is 4.67. The van der Waals surface area contributed by atoms with Crippen LogP contribution in [-0.2, 0) is 9.59 Å². The van der Waals surface area contributed by atoms with Crippen molar-refractivity contribution >= 4 is 29.1 Å². The van der Waals surface area contributed by atoms with Gasteiger partial charge < -0.3 is 5.32 Å². The molecule has 1 atom stereocenters. The second-order valence-corrected chi connectivity index (χ2v) is 4.36. The van der Waals surface area contributed by atoms with Crippen molar-refractivity contribution in [3.05, 3.63) is 28.8 Å². The van der Waals surface area contributed by atoms with Gasteiger partial charge in [-0.1, -0.05) is 11.6 Å². The molecule has 0 radical (unpaired) electrons. The Morgan fingerprint density at radius 1 is 1.61 bits per heavy atom. The van der Waals surface area contributed by atoms with Crippen molar-refractivity contribution < 1.29 is 9.59 Å². The monoisotopic (exact) mass is 263 g/mol. The summed E-state index contributed by atoms with van der Waals surface area (Å²) >= 11 is 5.89. The van der Waals surface area contributed by atoms with Crippen LogP contribution in [0.15, 0.2) is 18.2 Å². The van der Waals surface area contributed by atoms with E-state index in [1.54, 1.807) is 18.2 Å². The molecule has 0 bridgehead atoms. The molecule has 0 saturated heterocycles. The molecule has 1 aliphatic rings. The standard InChI is InChI=1S/C12H10ClN3O2/c1-7(17)15-11-9-6-8(13)2-3-10(9)16(5-4-14)12(11)18/h2-3,6,11H,5H2,1H3,(H,15,17). The molecule has 0 spiro atoms. The third kappa shape index (κ3) is 2.03. The van der Waals surface area contributed by atoms with Crippen molar-refractivity contribution in [2.24, 2.45) is 0 Å². The third-order valence-corrected chi connectivity index (χ3v) is 2.92. The number of hydrogen-bond acceptors (Lipinski definition) is 3. The van der Waals surface area contributed by atoms with E-state index >= 15 is 0 Å². The van der Waals surface area contributed by atoms with Gasteiger partial charge in [0.05, 0.1) is 11.8 Å². The lowest BCUT2D eigenvalue weighted by atomic mass is 10.1. The minimum atomic E-state index is -0.760. The highest BCUT2D eigenvalue weighted by Gasteiger charge is 2.37. The molecule has 2 rings (SSSR count). The number of hydrogen-bond donors (Lipinski definition) is 1. The Kier molecular flexibility index (Phi) is 3.21. The van der Waals surface area contributed by atoms with Gasteiger partial charge in [0, 0.05) is 17.5 Å². The van der Waals surface area contributed by atoms with Gasteiger partial charge in [-0.05, 0) is 18.2 Å². The molecule has 0 aliphatic carbocycles. The number of anilines is 1. The molecule has 2 amide bonds. The maximum atomic E-state index is 12.1. The first-order valence-corrected chi connectivity index (χ1v) is 5.67. The van der Waals surface area contributed by atoms with E-state index in [1.807, 2.05) is 6.07 Å². The van der Waals surface area contributed by atoms with E-state index in [0.717, 1.165) is 0 Å². The minimum Gasteiger partial charge on any atom is -0.341 e.